The molecule has 1 rings (SSSR count). The van der Waals surface area contributed by atoms with E-state index in [0.717, 1.165) is 19.4 Å². The first-order chi connectivity index (χ1) is 8.27. The lowest BCUT2D eigenvalue weighted by molar-refractivity contribution is -0.121. The molecule has 17 heavy (non-hydrogen) atoms. The lowest BCUT2D eigenvalue weighted by atomic mass is 9.83. The number of amides is 1. The molecule has 1 aliphatic rings. The summed E-state index contributed by atoms with van der Waals surface area (Å²) in [7, 11) is 0. The van der Waals surface area contributed by atoms with Crippen molar-refractivity contribution in [3.05, 3.63) is 0 Å². The molecule has 3 heteroatoms. The summed E-state index contributed by atoms with van der Waals surface area (Å²) in [6.07, 6.45) is 8.77. The number of hydrogen-bond donors (Lipinski definition) is 2. The molecule has 0 aromatic carbocycles. The summed E-state index contributed by atoms with van der Waals surface area (Å²) in [6.45, 7) is 5.69. The van der Waals surface area contributed by atoms with Gasteiger partial charge in [-0.25, -0.2) is 0 Å². The molecule has 0 radical (unpaired) electrons. The SMILES string of the molecule is CCCNCC(=O)NC(CC)C1CCCCC1. The number of hydrogen-bond acceptors (Lipinski definition) is 2. The Morgan fingerprint density at radius 3 is 2.53 bits per heavy atom. The van der Waals surface area contributed by atoms with Gasteiger partial charge in [0.25, 0.3) is 0 Å². The average Bonchev–Trinajstić information content (AvgIpc) is 2.37. The molecular formula is C14H28N2O. The van der Waals surface area contributed by atoms with E-state index < -0.39 is 0 Å². The van der Waals surface area contributed by atoms with Crippen LogP contribution in [0.5, 0.6) is 0 Å². The summed E-state index contributed by atoms with van der Waals surface area (Å²) in [4.78, 5) is 11.8. The fraction of sp³-hybridized carbons (Fsp3) is 0.929. The molecule has 3 nitrogen and oxygen atoms in total. The second kappa shape index (κ2) is 8.51. The van der Waals surface area contributed by atoms with E-state index in [-0.39, 0.29) is 5.91 Å². The molecule has 100 valence electrons. The number of rotatable bonds is 7. The maximum atomic E-state index is 11.8. The molecule has 0 saturated heterocycles. The Kier molecular flexibility index (Phi) is 7.25. The summed E-state index contributed by atoms with van der Waals surface area (Å²) in [5.41, 5.74) is 0. The van der Waals surface area contributed by atoms with Crippen LogP contribution in [-0.4, -0.2) is 25.0 Å². The Hall–Kier alpha value is -0.570. The molecule has 0 spiro atoms. The third kappa shape index (κ3) is 5.53. The van der Waals surface area contributed by atoms with Crippen molar-refractivity contribution in [2.45, 2.75) is 64.8 Å². The van der Waals surface area contributed by atoms with Gasteiger partial charge in [0.15, 0.2) is 0 Å². The molecule has 0 aromatic heterocycles. The van der Waals surface area contributed by atoms with E-state index in [0.29, 0.717) is 18.5 Å². The van der Waals surface area contributed by atoms with E-state index in [9.17, 15) is 4.79 Å². The van der Waals surface area contributed by atoms with E-state index in [2.05, 4.69) is 24.5 Å². The predicted octanol–water partition coefficient (Wildman–Crippen LogP) is 2.46. The number of carbonyl (C=O) groups is 1. The minimum atomic E-state index is 0.163. The molecular weight excluding hydrogens is 212 g/mol. The molecule has 1 atom stereocenters. The van der Waals surface area contributed by atoms with Crippen molar-refractivity contribution >= 4 is 5.91 Å². The Morgan fingerprint density at radius 2 is 1.94 bits per heavy atom. The van der Waals surface area contributed by atoms with Crippen LogP contribution in [0.15, 0.2) is 0 Å². The van der Waals surface area contributed by atoms with E-state index in [1.54, 1.807) is 0 Å². The quantitative estimate of drug-likeness (QED) is 0.671. The van der Waals surface area contributed by atoms with Gasteiger partial charge in [-0.05, 0) is 38.1 Å². The predicted molar refractivity (Wildman–Crippen MR) is 72.0 cm³/mol. The zero-order valence-electron chi connectivity index (χ0n) is 11.4. The molecule has 1 unspecified atom stereocenters. The van der Waals surface area contributed by atoms with Gasteiger partial charge >= 0.3 is 0 Å². The van der Waals surface area contributed by atoms with Gasteiger partial charge in [-0.2, -0.15) is 0 Å². The molecule has 0 aliphatic heterocycles. The van der Waals surface area contributed by atoms with E-state index in [1.165, 1.54) is 32.1 Å². The normalized spacial score (nSPS) is 18.9. The van der Waals surface area contributed by atoms with E-state index >= 15 is 0 Å². The van der Waals surface area contributed by atoms with Crippen LogP contribution in [0.25, 0.3) is 0 Å². The molecule has 0 bridgehead atoms. The zero-order valence-corrected chi connectivity index (χ0v) is 11.4. The van der Waals surface area contributed by atoms with Gasteiger partial charge in [-0.3, -0.25) is 4.79 Å². The highest BCUT2D eigenvalue weighted by molar-refractivity contribution is 5.78. The Morgan fingerprint density at radius 1 is 1.24 bits per heavy atom. The Balaban J connectivity index is 2.27. The van der Waals surface area contributed by atoms with Gasteiger partial charge in [-0.1, -0.05) is 33.1 Å². The fourth-order valence-electron chi connectivity index (χ4n) is 2.73. The monoisotopic (exact) mass is 240 g/mol. The van der Waals surface area contributed by atoms with Crippen LogP contribution in [0.3, 0.4) is 0 Å². The minimum Gasteiger partial charge on any atom is -0.352 e. The van der Waals surface area contributed by atoms with Crippen LogP contribution in [0.1, 0.15) is 58.8 Å². The van der Waals surface area contributed by atoms with Crippen LogP contribution in [0.2, 0.25) is 0 Å². The average molecular weight is 240 g/mol. The highest BCUT2D eigenvalue weighted by Gasteiger charge is 2.23. The third-order valence-electron chi connectivity index (χ3n) is 3.72. The van der Waals surface area contributed by atoms with E-state index in [1.807, 2.05) is 0 Å². The molecule has 1 saturated carbocycles. The molecule has 1 amide bonds. The summed E-state index contributed by atoms with van der Waals surface area (Å²) in [5.74, 6) is 0.875. The summed E-state index contributed by atoms with van der Waals surface area (Å²) in [6, 6.07) is 0.395. The van der Waals surface area contributed by atoms with Crippen molar-refractivity contribution in [3.63, 3.8) is 0 Å². The van der Waals surface area contributed by atoms with Crippen molar-refractivity contribution < 1.29 is 4.79 Å². The van der Waals surface area contributed by atoms with Gasteiger partial charge in [0.2, 0.25) is 5.91 Å². The highest BCUT2D eigenvalue weighted by atomic mass is 16.1. The smallest absolute Gasteiger partial charge is 0.234 e. The van der Waals surface area contributed by atoms with Crippen molar-refractivity contribution in [1.29, 1.82) is 0 Å². The van der Waals surface area contributed by atoms with Crippen LogP contribution in [-0.2, 0) is 4.79 Å². The topological polar surface area (TPSA) is 41.1 Å². The molecule has 0 heterocycles. The summed E-state index contributed by atoms with van der Waals surface area (Å²) < 4.78 is 0. The second-order valence-corrected chi connectivity index (χ2v) is 5.16. The van der Waals surface area contributed by atoms with Crippen LogP contribution in [0.4, 0.5) is 0 Å². The maximum Gasteiger partial charge on any atom is 0.234 e. The molecule has 2 N–H and O–H groups in total. The van der Waals surface area contributed by atoms with Gasteiger partial charge in [-0.15, -0.1) is 0 Å². The van der Waals surface area contributed by atoms with Crippen molar-refractivity contribution in [3.8, 4) is 0 Å². The molecule has 1 fully saturated rings. The fourth-order valence-corrected chi connectivity index (χ4v) is 2.73. The number of carbonyl (C=O) groups excluding carboxylic acids is 1. The van der Waals surface area contributed by atoms with Crippen molar-refractivity contribution in [1.82, 2.24) is 10.6 Å². The Bertz CT molecular complexity index is 212. The van der Waals surface area contributed by atoms with Crippen LogP contribution < -0.4 is 10.6 Å². The largest absolute Gasteiger partial charge is 0.352 e. The second-order valence-electron chi connectivity index (χ2n) is 5.16. The van der Waals surface area contributed by atoms with Gasteiger partial charge < -0.3 is 10.6 Å². The maximum absolute atomic E-state index is 11.8. The Labute approximate surface area is 106 Å². The summed E-state index contributed by atoms with van der Waals surface area (Å²) >= 11 is 0. The highest BCUT2D eigenvalue weighted by Crippen LogP contribution is 2.27. The van der Waals surface area contributed by atoms with Gasteiger partial charge in [0, 0.05) is 6.04 Å². The van der Waals surface area contributed by atoms with Crippen molar-refractivity contribution in [2.24, 2.45) is 5.92 Å². The van der Waals surface area contributed by atoms with Crippen molar-refractivity contribution in [2.75, 3.05) is 13.1 Å². The first kappa shape index (κ1) is 14.5. The molecule has 1 aliphatic carbocycles. The molecule has 0 aromatic rings. The lowest BCUT2D eigenvalue weighted by Crippen LogP contribution is -2.44. The van der Waals surface area contributed by atoms with Crippen LogP contribution >= 0.6 is 0 Å². The standard InChI is InChI=1S/C14H28N2O/c1-3-10-15-11-14(17)16-13(4-2)12-8-6-5-7-9-12/h12-13,15H,3-11H2,1-2H3,(H,16,17). The number of nitrogens with one attached hydrogen (secondary N) is 2. The van der Waals surface area contributed by atoms with Crippen LogP contribution in [0, 0.1) is 5.92 Å². The first-order valence-electron chi connectivity index (χ1n) is 7.28. The van der Waals surface area contributed by atoms with Gasteiger partial charge in [0.1, 0.15) is 0 Å². The zero-order chi connectivity index (χ0) is 12.5. The van der Waals surface area contributed by atoms with Gasteiger partial charge in [0.05, 0.1) is 6.54 Å². The van der Waals surface area contributed by atoms with E-state index in [4.69, 9.17) is 0 Å². The first-order valence-corrected chi connectivity index (χ1v) is 7.28. The lowest BCUT2D eigenvalue weighted by Gasteiger charge is -2.30. The summed E-state index contributed by atoms with van der Waals surface area (Å²) in [5, 5.41) is 6.35. The third-order valence-corrected chi connectivity index (χ3v) is 3.72. The minimum absolute atomic E-state index is 0.163.